The minimum Gasteiger partial charge on any atom is -0.234 e. The van der Waals surface area contributed by atoms with Gasteiger partial charge in [0, 0.05) is 16.0 Å². The summed E-state index contributed by atoms with van der Waals surface area (Å²) in [5.74, 6) is 0. The molecule has 0 aliphatic heterocycles. The van der Waals surface area contributed by atoms with Crippen LogP contribution < -0.4 is 0 Å². The molecule has 0 spiro atoms. The third-order valence-electron chi connectivity index (χ3n) is 2.49. The summed E-state index contributed by atoms with van der Waals surface area (Å²) in [5, 5.41) is 22.4. The number of nitrogens with zero attached hydrogens (tertiary/aromatic N) is 4. The van der Waals surface area contributed by atoms with Crippen molar-refractivity contribution in [1.29, 1.82) is 5.26 Å². The number of aromatic nitrogens is 4. The molecule has 0 bridgehead atoms. The maximum absolute atomic E-state index is 8.91. The largest absolute Gasteiger partial charge is 0.234 e. The minimum atomic E-state index is 0.243. The molecule has 2 heterocycles. The van der Waals surface area contributed by atoms with Crippen molar-refractivity contribution in [3.05, 3.63) is 40.4 Å². The fraction of sp³-hybridized carbons (Fsp3) is 0. The fourth-order valence-electron chi connectivity index (χ4n) is 1.59. The number of halogens is 1. The first-order valence-corrected chi connectivity index (χ1v) is 6.56. The molecule has 0 aliphatic carbocycles. The molecule has 7 heteroatoms. The Morgan fingerprint density at radius 2 is 2.00 bits per heavy atom. The molecule has 19 heavy (non-hydrogen) atoms. The van der Waals surface area contributed by atoms with Crippen molar-refractivity contribution in [3.8, 4) is 28.0 Å². The highest BCUT2D eigenvalue weighted by molar-refractivity contribution is 7.13. The summed E-state index contributed by atoms with van der Waals surface area (Å²) in [6.07, 6.45) is 0. The van der Waals surface area contributed by atoms with Crippen LogP contribution in [0.2, 0.25) is 5.02 Å². The zero-order chi connectivity index (χ0) is 13.2. The molecule has 92 valence electrons. The summed E-state index contributed by atoms with van der Waals surface area (Å²) < 4.78 is 0. The van der Waals surface area contributed by atoms with Crippen LogP contribution in [0.3, 0.4) is 0 Å². The third-order valence-corrected chi connectivity index (χ3v) is 3.64. The maximum atomic E-state index is 8.91. The maximum Gasteiger partial charge on any atom is 0.192 e. The topological polar surface area (TPSA) is 78.2 Å². The molecular weight excluding hydrogens is 282 g/mol. The molecule has 0 atom stereocenters. The molecular formula is C12H6ClN5S. The molecule has 0 saturated heterocycles. The summed E-state index contributed by atoms with van der Waals surface area (Å²) >= 11 is 7.33. The van der Waals surface area contributed by atoms with Gasteiger partial charge in [0.1, 0.15) is 22.5 Å². The fourth-order valence-corrected chi connectivity index (χ4v) is 2.53. The molecule has 0 saturated carbocycles. The Bertz CT molecular complexity index is 753. The standard InChI is InChI=1S/C12H6ClN5S/c13-8-3-1-7(2-4-8)12-15-10(6-19-12)11-9(5-14)16-18-17-11/h1-4,6H,(H,16,17,18). The van der Waals surface area contributed by atoms with E-state index < -0.39 is 0 Å². The number of nitriles is 1. The van der Waals surface area contributed by atoms with Gasteiger partial charge in [0.05, 0.1) is 0 Å². The van der Waals surface area contributed by atoms with Gasteiger partial charge in [-0.05, 0) is 12.1 Å². The SMILES string of the molecule is N#Cc1n[nH]nc1-c1csc(-c2ccc(Cl)cc2)n1. The van der Waals surface area contributed by atoms with Crippen LogP contribution in [0.25, 0.3) is 22.0 Å². The van der Waals surface area contributed by atoms with Gasteiger partial charge >= 0.3 is 0 Å². The van der Waals surface area contributed by atoms with E-state index in [0.717, 1.165) is 10.6 Å². The molecule has 3 aromatic rings. The van der Waals surface area contributed by atoms with E-state index in [1.54, 1.807) is 0 Å². The monoisotopic (exact) mass is 287 g/mol. The lowest BCUT2D eigenvalue weighted by Crippen LogP contribution is -1.83. The highest BCUT2D eigenvalue weighted by atomic mass is 35.5. The van der Waals surface area contributed by atoms with Crippen molar-refractivity contribution in [2.45, 2.75) is 0 Å². The molecule has 3 rings (SSSR count). The van der Waals surface area contributed by atoms with Crippen molar-refractivity contribution in [1.82, 2.24) is 20.4 Å². The number of H-pyrrole nitrogens is 1. The quantitative estimate of drug-likeness (QED) is 0.785. The number of thiazole rings is 1. The minimum absolute atomic E-state index is 0.243. The van der Waals surface area contributed by atoms with Crippen molar-refractivity contribution >= 4 is 22.9 Å². The van der Waals surface area contributed by atoms with Gasteiger partial charge < -0.3 is 0 Å². The van der Waals surface area contributed by atoms with Crippen molar-refractivity contribution in [2.75, 3.05) is 0 Å². The second-order valence-corrected chi connectivity index (χ2v) is 4.97. The average Bonchev–Trinajstić information content (AvgIpc) is 3.07. The zero-order valence-electron chi connectivity index (χ0n) is 9.46. The van der Waals surface area contributed by atoms with E-state index in [-0.39, 0.29) is 5.69 Å². The van der Waals surface area contributed by atoms with Crippen molar-refractivity contribution < 1.29 is 0 Å². The molecule has 2 aromatic heterocycles. The van der Waals surface area contributed by atoms with Gasteiger partial charge in [-0.1, -0.05) is 23.7 Å². The van der Waals surface area contributed by atoms with E-state index in [2.05, 4.69) is 20.4 Å². The van der Waals surface area contributed by atoms with Crippen LogP contribution in [0.4, 0.5) is 0 Å². The Kier molecular flexibility index (Phi) is 2.99. The zero-order valence-corrected chi connectivity index (χ0v) is 11.0. The van der Waals surface area contributed by atoms with E-state index in [4.69, 9.17) is 16.9 Å². The Morgan fingerprint density at radius 1 is 1.21 bits per heavy atom. The first-order chi connectivity index (χ1) is 9.28. The second kappa shape index (κ2) is 4.80. The first kappa shape index (κ1) is 11.8. The Labute approximate surface area is 117 Å². The summed E-state index contributed by atoms with van der Waals surface area (Å²) in [4.78, 5) is 4.46. The lowest BCUT2D eigenvalue weighted by Gasteiger charge is -1.95. The van der Waals surface area contributed by atoms with Gasteiger partial charge in [0.15, 0.2) is 5.69 Å². The van der Waals surface area contributed by atoms with Crippen LogP contribution in [0.15, 0.2) is 29.6 Å². The normalized spacial score (nSPS) is 10.3. The lowest BCUT2D eigenvalue weighted by molar-refractivity contribution is 0.936. The van der Waals surface area contributed by atoms with Gasteiger partial charge in [-0.2, -0.15) is 15.6 Å². The van der Waals surface area contributed by atoms with E-state index in [0.29, 0.717) is 16.4 Å². The van der Waals surface area contributed by atoms with E-state index in [9.17, 15) is 0 Å². The van der Waals surface area contributed by atoms with Crippen LogP contribution in [0.5, 0.6) is 0 Å². The van der Waals surface area contributed by atoms with Gasteiger partial charge in [0.2, 0.25) is 0 Å². The molecule has 0 unspecified atom stereocenters. The Hall–Kier alpha value is -2.23. The first-order valence-electron chi connectivity index (χ1n) is 5.30. The van der Waals surface area contributed by atoms with Crippen molar-refractivity contribution in [3.63, 3.8) is 0 Å². The Balaban J connectivity index is 2.00. The van der Waals surface area contributed by atoms with E-state index >= 15 is 0 Å². The van der Waals surface area contributed by atoms with Gasteiger partial charge in [-0.3, -0.25) is 0 Å². The lowest BCUT2D eigenvalue weighted by atomic mass is 10.2. The Morgan fingerprint density at radius 3 is 2.74 bits per heavy atom. The highest BCUT2D eigenvalue weighted by Gasteiger charge is 2.14. The molecule has 0 fully saturated rings. The molecule has 1 N–H and O–H groups in total. The highest BCUT2D eigenvalue weighted by Crippen LogP contribution is 2.29. The second-order valence-electron chi connectivity index (χ2n) is 3.68. The summed E-state index contributed by atoms with van der Waals surface area (Å²) in [6, 6.07) is 9.40. The summed E-state index contributed by atoms with van der Waals surface area (Å²) in [6.45, 7) is 0. The molecule has 0 aliphatic rings. The molecule has 1 aromatic carbocycles. The van der Waals surface area contributed by atoms with Gasteiger partial charge in [-0.15, -0.1) is 16.4 Å². The predicted octanol–water partition coefficient (Wildman–Crippen LogP) is 3.12. The van der Waals surface area contributed by atoms with E-state index in [1.807, 2.05) is 35.7 Å². The molecule has 0 amide bonds. The van der Waals surface area contributed by atoms with Crippen LogP contribution in [-0.4, -0.2) is 20.4 Å². The summed E-state index contributed by atoms with van der Waals surface area (Å²) in [5.41, 5.74) is 2.33. The number of nitrogens with one attached hydrogen (secondary N) is 1. The predicted molar refractivity (Wildman–Crippen MR) is 72.7 cm³/mol. The van der Waals surface area contributed by atoms with Crippen molar-refractivity contribution in [2.24, 2.45) is 0 Å². The van der Waals surface area contributed by atoms with Crippen LogP contribution in [0, 0.1) is 11.3 Å². The molecule has 5 nitrogen and oxygen atoms in total. The number of rotatable bonds is 2. The number of aromatic amines is 1. The van der Waals surface area contributed by atoms with Crippen LogP contribution in [-0.2, 0) is 0 Å². The third kappa shape index (κ3) is 2.21. The average molecular weight is 288 g/mol. The molecule has 0 radical (unpaired) electrons. The number of benzene rings is 1. The van der Waals surface area contributed by atoms with Crippen LogP contribution >= 0.6 is 22.9 Å². The number of hydrogen-bond acceptors (Lipinski definition) is 5. The van der Waals surface area contributed by atoms with Gasteiger partial charge in [-0.25, -0.2) is 4.98 Å². The van der Waals surface area contributed by atoms with Gasteiger partial charge in [0.25, 0.3) is 0 Å². The smallest absolute Gasteiger partial charge is 0.192 e. The van der Waals surface area contributed by atoms with E-state index in [1.165, 1.54) is 11.3 Å². The van der Waals surface area contributed by atoms with Crippen LogP contribution in [0.1, 0.15) is 5.69 Å². The summed E-state index contributed by atoms with van der Waals surface area (Å²) in [7, 11) is 0. The number of hydrogen-bond donors (Lipinski definition) is 1.